The van der Waals surface area contributed by atoms with E-state index in [0.29, 0.717) is 6.54 Å². The first kappa shape index (κ1) is 19.7. The molecule has 1 saturated heterocycles. The maximum Gasteiger partial charge on any atom is 0.191 e. The maximum absolute atomic E-state index is 5.96. The number of nitrogens with zero attached hydrogens (tertiary/aromatic N) is 1. The highest BCUT2D eigenvalue weighted by atomic mass is 35.5. The number of aryl methyl sites for hydroxylation is 1. The minimum atomic E-state index is 0.0709. The van der Waals surface area contributed by atoms with Gasteiger partial charge in [0.15, 0.2) is 5.96 Å². The molecule has 0 aliphatic carbocycles. The van der Waals surface area contributed by atoms with E-state index in [2.05, 4.69) is 46.8 Å². The minimum Gasteiger partial charge on any atom is -0.381 e. The van der Waals surface area contributed by atoms with Gasteiger partial charge in [0.25, 0.3) is 0 Å². The number of hydrogen-bond acceptors (Lipinski definition) is 2. The Hall–Kier alpha value is -2.04. The molecule has 0 bridgehead atoms. The standard InChI is InChI=1S/C22H28ClN3O/c1-17-5-3-4-6-20(17)22(11-13-27-14-12-22)16-26-21(24-2)25-15-18-7-9-19(23)10-8-18/h3-10H,11-16H2,1-2H3,(H2,24,25,26). The largest absolute Gasteiger partial charge is 0.381 e. The third-order valence-corrected chi connectivity index (χ3v) is 5.61. The lowest BCUT2D eigenvalue weighted by Gasteiger charge is -2.39. The highest BCUT2D eigenvalue weighted by Crippen LogP contribution is 2.36. The number of aliphatic imine (C=N–C) groups is 1. The summed E-state index contributed by atoms with van der Waals surface area (Å²) < 4.78 is 5.65. The van der Waals surface area contributed by atoms with Crippen LogP contribution in [0, 0.1) is 6.92 Å². The van der Waals surface area contributed by atoms with Crippen LogP contribution in [0.25, 0.3) is 0 Å². The normalized spacial score (nSPS) is 16.8. The van der Waals surface area contributed by atoms with E-state index in [9.17, 15) is 0 Å². The lowest BCUT2D eigenvalue weighted by atomic mass is 9.72. The monoisotopic (exact) mass is 385 g/mol. The van der Waals surface area contributed by atoms with Crippen molar-refractivity contribution in [2.24, 2.45) is 4.99 Å². The van der Waals surface area contributed by atoms with Crippen molar-refractivity contribution in [3.8, 4) is 0 Å². The summed E-state index contributed by atoms with van der Waals surface area (Å²) in [4.78, 5) is 4.39. The number of guanidine groups is 1. The Morgan fingerprint density at radius 3 is 2.44 bits per heavy atom. The summed E-state index contributed by atoms with van der Waals surface area (Å²) in [5.74, 6) is 0.810. The van der Waals surface area contributed by atoms with Crippen molar-refractivity contribution in [1.82, 2.24) is 10.6 Å². The molecular weight excluding hydrogens is 358 g/mol. The predicted molar refractivity (Wildman–Crippen MR) is 113 cm³/mol. The van der Waals surface area contributed by atoms with Gasteiger partial charge in [0, 0.05) is 43.8 Å². The van der Waals surface area contributed by atoms with E-state index in [1.807, 2.05) is 31.3 Å². The Morgan fingerprint density at radius 2 is 1.78 bits per heavy atom. The van der Waals surface area contributed by atoms with Crippen LogP contribution in [-0.4, -0.2) is 32.8 Å². The van der Waals surface area contributed by atoms with Crippen LogP contribution < -0.4 is 10.6 Å². The van der Waals surface area contributed by atoms with Gasteiger partial charge in [-0.3, -0.25) is 4.99 Å². The van der Waals surface area contributed by atoms with E-state index in [0.717, 1.165) is 43.6 Å². The molecule has 5 heteroatoms. The van der Waals surface area contributed by atoms with Crippen LogP contribution >= 0.6 is 11.6 Å². The predicted octanol–water partition coefficient (Wildman–Crippen LogP) is 4.06. The first-order chi connectivity index (χ1) is 13.1. The molecule has 0 atom stereocenters. The quantitative estimate of drug-likeness (QED) is 0.602. The van der Waals surface area contributed by atoms with Crippen molar-refractivity contribution in [3.63, 3.8) is 0 Å². The number of hydrogen-bond donors (Lipinski definition) is 2. The highest BCUT2D eigenvalue weighted by Gasteiger charge is 2.35. The fourth-order valence-corrected chi connectivity index (χ4v) is 3.86. The summed E-state index contributed by atoms with van der Waals surface area (Å²) in [6.45, 7) is 5.33. The zero-order valence-corrected chi connectivity index (χ0v) is 16.9. The number of benzene rings is 2. The third-order valence-electron chi connectivity index (χ3n) is 5.36. The SMILES string of the molecule is CN=C(NCc1ccc(Cl)cc1)NCC1(c2ccccc2C)CCOCC1. The molecule has 0 saturated carbocycles. The average Bonchev–Trinajstić information content (AvgIpc) is 2.70. The highest BCUT2D eigenvalue weighted by molar-refractivity contribution is 6.30. The van der Waals surface area contributed by atoms with Crippen molar-refractivity contribution in [2.45, 2.75) is 31.7 Å². The van der Waals surface area contributed by atoms with E-state index in [1.54, 1.807) is 0 Å². The molecule has 1 fully saturated rings. The molecule has 0 amide bonds. The minimum absolute atomic E-state index is 0.0709. The van der Waals surface area contributed by atoms with Gasteiger partial charge < -0.3 is 15.4 Å². The summed E-state index contributed by atoms with van der Waals surface area (Å²) in [6.07, 6.45) is 2.03. The number of rotatable bonds is 5. The fraction of sp³-hybridized carbons (Fsp3) is 0.409. The maximum atomic E-state index is 5.96. The lowest BCUT2D eigenvalue weighted by Crippen LogP contribution is -2.48. The molecule has 2 N–H and O–H groups in total. The number of nitrogens with one attached hydrogen (secondary N) is 2. The molecule has 144 valence electrons. The zero-order chi connectivity index (χ0) is 19.1. The third kappa shape index (κ3) is 5.02. The Morgan fingerprint density at radius 1 is 1.07 bits per heavy atom. The Balaban J connectivity index is 1.67. The van der Waals surface area contributed by atoms with Crippen LogP contribution in [0.2, 0.25) is 5.02 Å². The molecule has 2 aromatic carbocycles. The van der Waals surface area contributed by atoms with Gasteiger partial charge in [-0.2, -0.15) is 0 Å². The summed E-state index contributed by atoms with van der Waals surface area (Å²) >= 11 is 5.96. The first-order valence-corrected chi connectivity index (χ1v) is 9.84. The van der Waals surface area contributed by atoms with Crippen LogP contribution in [0.1, 0.15) is 29.5 Å². The van der Waals surface area contributed by atoms with Crippen molar-refractivity contribution < 1.29 is 4.74 Å². The molecule has 1 heterocycles. The second-order valence-electron chi connectivity index (χ2n) is 7.11. The molecule has 3 rings (SSSR count). The smallest absolute Gasteiger partial charge is 0.191 e. The Labute approximate surface area is 167 Å². The lowest BCUT2D eigenvalue weighted by molar-refractivity contribution is 0.0512. The first-order valence-electron chi connectivity index (χ1n) is 9.46. The second-order valence-corrected chi connectivity index (χ2v) is 7.55. The van der Waals surface area contributed by atoms with Crippen molar-refractivity contribution in [1.29, 1.82) is 0 Å². The topological polar surface area (TPSA) is 45.7 Å². The number of ether oxygens (including phenoxy) is 1. The van der Waals surface area contributed by atoms with Gasteiger partial charge in [-0.05, 0) is 48.6 Å². The molecule has 0 radical (unpaired) electrons. The van der Waals surface area contributed by atoms with E-state index in [1.165, 1.54) is 16.7 Å². The fourth-order valence-electron chi connectivity index (χ4n) is 3.73. The molecule has 0 aromatic heterocycles. The van der Waals surface area contributed by atoms with Gasteiger partial charge in [-0.25, -0.2) is 0 Å². The molecule has 0 unspecified atom stereocenters. The summed E-state index contributed by atoms with van der Waals surface area (Å²) in [7, 11) is 1.81. The number of halogens is 1. The van der Waals surface area contributed by atoms with Gasteiger partial charge in [0.05, 0.1) is 0 Å². The average molecular weight is 386 g/mol. The van der Waals surface area contributed by atoms with Crippen LogP contribution in [0.3, 0.4) is 0 Å². The Bertz CT molecular complexity index is 767. The summed E-state index contributed by atoms with van der Waals surface area (Å²) in [6, 6.07) is 16.5. The molecule has 1 aliphatic rings. The van der Waals surface area contributed by atoms with Crippen LogP contribution in [0.15, 0.2) is 53.5 Å². The van der Waals surface area contributed by atoms with Crippen molar-refractivity contribution in [2.75, 3.05) is 26.8 Å². The van der Waals surface area contributed by atoms with Crippen LogP contribution in [0.5, 0.6) is 0 Å². The second kappa shape index (κ2) is 9.25. The van der Waals surface area contributed by atoms with Gasteiger partial charge in [0.2, 0.25) is 0 Å². The van der Waals surface area contributed by atoms with Crippen molar-refractivity contribution >= 4 is 17.6 Å². The van der Waals surface area contributed by atoms with Crippen LogP contribution in [-0.2, 0) is 16.7 Å². The molecule has 2 aromatic rings. The molecule has 1 aliphatic heterocycles. The van der Waals surface area contributed by atoms with E-state index in [4.69, 9.17) is 16.3 Å². The molecule has 0 spiro atoms. The molecule has 4 nitrogen and oxygen atoms in total. The van der Waals surface area contributed by atoms with E-state index in [-0.39, 0.29) is 5.41 Å². The van der Waals surface area contributed by atoms with Crippen molar-refractivity contribution in [3.05, 3.63) is 70.2 Å². The zero-order valence-electron chi connectivity index (χ0n) is 16.1. The molecular formula is C22H28ClN3O. The molecule has 27 heavy (non-hydrogen) atoms. The van der Waals surface area contributed by atoms with E-state index < -0.39 is 0 Å². The summed E-state index contributed by atoms with van der Waals surface area (Å²) in [5, 5.41) is 7.69. The van der Waals surface area contributed by atoms with Gasteiger partial charge in [-0.1, -0.05) is 48.0 Å². The summed E-state index contributed by atoms with van der Waals surface area (Å²) in [5.41, 5.74) is 3.99. The van der Waals surface area contributed by atoms with Gasteiger partial charge in [0.1, 0.15) is 0 Å². The Kier molecular flexibility index (Phi) is 6.75. The van der Waals surface area contributed by atoms with Gasteiger partial charge >= 0.3 is 0 Å². The van der Waals surface area contributed by atoms with Gasteiger partial charge in [-0.15, -0.1) is 0 Å². The van der Waals surface area contributed by atoms with E-state index >= 15 is 0 Å². The van der Waals surface area contributed by atoms with Crippen LogP contribution in [0.4, 0.5) is 0 Å².